The highest BCUT2D eigenvalue weighted by atomic mass is 32.1. The molecule has 0 unspecified atom stereocenters. The zero-order valence-electron chi connectivity index (χ0n) is 9.69. The van der Waals surface area contributed by atoms with Crippen LogP contribution in [-0.4, -0.2) is 26.1 Å². The Balaban J connectivity index is 2.27. The van der Waals surface area contributed by atoms with Gasteiger partial charge in [0.1, 0.15) is 10.8 Å². The average Bonchev–Trinajstić information content (AvgIpc) is 2.77. The van der Waals surface area contributed by atoms with Crippen LogP contribution in [0.2, 0.25) is 0 Å². The van der Waals surface area contributed by atoms with Crippen LogP contribution in [0.3, 0.4) is 0 Å². The molecule has 1 heterocycles. The minimum atomic E-state index is 0.927. The van der Waals surface area contributed by atoms with E-state index in [4.69, 9.17) is 0 Å². The van der Waals surface area contributed by atoms with Crippen molar-refractivity contribution in [3.63, 3.8) is 0 Å². The summed E-state index contributed by atoms with van der Waals surface area (Å²) in [5, 5.41) is 6.11. The van der Waals surface area contributed by atoms with Crippen molar-refractivity contribution < 1.29 is 0 Å². The standard InChI is InChI=1S/C12H15N3S/c1-13-11-8-16-12(14-11)9-4-6-10(7-5-9)15(2)3/h4-8,13H,1-3H3. The Morgan fingerprint density at radius 3 is 2.38 bits per heavy atom. The van der Waals surface area contributed by atoms with Crippen molar-refractivity contribution in [3.05, 3.63) is 29.6 Å². The van der Waals surface area contributed by atoms with E-state index in [-0.39, 0.29) is 0 Å². The fourth-order valence-corrected chi connectivity index (χ4v) is 2.24. The summed E-state index contributed by atoms with van der Waals surface area (Å²) in [4.78, 5) is 6.56. The lowest BCUT2D eigenvalue weighted by molar-refractivity contribution is 1.13. The third-order valence-electron chi connectivity index (χ3n) is 2.39. The fourth-order valence-electron chi connectivity index (χ4n) is 1.42. The number of hydrogen-bond acceptors (Lipinski definition) is 4. The molecule has 0 amide bonds. The minimum Gasteiger partial charge on any atom is -0.378 e. The second kappa shape index (κ2) is 4.53. The molecule has 1 aromatic carbocycles. The maximum absolute atomic E-state index is 4.47. The molecule has 0 saturated carbocycles. The van der Waals surface area contributed by atoms with Crippen molar-refractivity contribution in [1.82, 2.24) is 4.98 Å². The topological polar surface area (TPSA) is 28.2 Å². The minimum absolute atomic E-state index is 0.927. The lowest BCUT2D eigenvalue weighted by Gasteiger charge is -2.11. The number of aromatic nitrogens is 1. The normalized spacial score (nSPS) is 10.2. The predicted octanol–water partition coefficient (Wildman–Crippen LogP) is 2.92. The molecule has 0 aliphatic carbocycles. The molecule has 0 aliphatic heterocycles. The van der Waals surface area contributed by atoms with E-state index in [1.807, 2.05) is 26.5 Å². The van der Waals surface area contributed by atoms with E-state index >= 15 is 0 Å². The Hall–Kier alpha value is -1.55. The van der Waals surface area contributed by atoms with Gasteiger partial charge in [-0.1, -0.05) is 0 Å². The molecule has 0 aliphatic rings. The van der Waals surface area contributed by atoms with Gasteiger partial charge in [-0.3, -0.25) is 0 Å². The molecular weight excluding hydrogens is 218 g/mol. The van der Waals surface area contributed by atoms with Crippen LogP contribution in [0.4, 0.5) is 11.5 Å². The zero-order valence-corrected chi connectivity index (χ0v) is 10.5. The molecular formula is C12H15N3S. The fraction of sp³-hybridized carbons (Fsp3) is 0.250. The summed E-state index contributed by atoms with van der Waals surface area (Å²) in [5.41, 5.74) is 2.37. The smallest absolute Gasteiger partial charge is 0.137 e. The highest BCUT2D eigenvalue weighted by molar-refractivity contribution is 7.13. The van der Waals surface area contributed by atoms with Gasteiger partial charge < -0.3 is 10.2 Å². The summed E-state index contributed by atoms with van der Waals surface area (Å²) >= 11 is 1.65. The first kappa shape index (κ1) is 11.0. The van der Waals surface area contributed by atoms with Crippen molar-refractivity contribution >= 4 is 22.8 Å². The van der Waals surface area contributed by atoms with Crippen molar-refractivity contribution in [2.45, 2.75) is 0 Å². The van der Waals surface area contributed by atoms with Crippen molar-refractivity contribution in [1.29, 1.82) is 0 Å². The molecule has 0 radical (unpaired) electrons. The first-order valence-corrected chi connectivity index (χ1v) is 5.99. The van der Waals surface area contributed by atoms with Gasteiger partial charge in [-0.05, 0) is 24.3 Å². The summed E-state index contributed by atoms with van der Waals surface area (Å²) in [6, 6.07) is 8.42. The number of rotatable bonds is 3. The van der Waals surface area contributed by atoms with Crippen LogP contribution in [0.15, 0.2) is 29.6 Å². The Morgan fingerprint density at radius 2 is 1.88 bits per heavy atom. The number of benzene rings is 1. The molecule has 0 spiro atoms. The van der Waals surface area contributed by atoms with E-state index in [0.717, 1.165) is 16.4 Å². The van der Waals surface area contributed by atoms with Gasteiger partial charge in [0.2, 0.25) is 0 Å². The molecule has 0 bridgehead atoms. The zero-order chi connectivity index (χ0) is 11.5. The van der Waals surface area contributed by atoms with Crippen LogP contribution in [0.25, 0.3) is 10.6 Å². The van der Waals surface area contributed by atoms with Gasteiger partial charge in [0, 0.05) is 37.8 Å². The Morgan fingerprint density at radius 1 is 1.19 bits per heavy atom. The number of hydrogen-bond donors (Lipinski definition) is 1. The van der Waals surface area contributed by atoms with E-state index in [1.165, 1.54) is 5.69 Å². The van der Waals surface area contributed by atoms with E-state index < -0.39 is 0 Å². The molecule has 0 fully saturated rings. The molecule has 1 aromatic heterocycles. The van der Waals surface area contributed by atoms with Crippen molar-refractivity contribution in [3.8, 4) is 10.6 Å². The summed E-state index contributed by atoms with van der Waals surface area (Å²) in [6.07, 6.45) is 0. The highest BCUT2D eigenvalue weighted by Crippen LogP contribution is 2.27. The summed E-state index contributed by atoms with van der Waals surface area (Å²) in [5.74, 6) is 0.927. The van der Waals surface area contributed by atoms with Gasteiger partial charge >= 0.3 is 0 Å². The van der Waals surface area contributed by atoms with Crippen LogP contribution in [-0.2, 0) is 0 Å². The average molecular weight is 233 g/mol. The van der Waals surface area contributed by atoms with Crippen molar-refractivity contribution in [2.24, 2.45) is 0 Å². The summed E-state index contributed by atoms with van der Waals surface area (Å²) in [6.45, 7) is 0. The molecule has 3 nitrogen and oxygen atoms in total. The van der Waals surface area contributed by atoms with Gasteiger partial charge in [0.15, 0.2) is 0 Å². The Labute approximate surface area is 99.8 Å². The second-order valence-corrected chi connectivity index (χ2v) is 4.59. The molecule has 2 aromatic rings. The quantitative estimate of drug-likeness (QED) is 0.883. The molecule has 0 saturated heterocycles. The molecule has 0 atom stereocenters. The summed E-state index contributed by atoms with van der Waals surface area (Å²) < 4.78 is 0. The number of anilines is 2. The van der Waals surface area contributed by atoms with Gasteiger partial charge in [0.05, 0.1) is 0 Å². The van der Waals surface area contributed by atoms with Gasteiger partial charge in [0.25, 0.3) is 0 Å². The number of thiazole rings is 1. The maximum atomic E-state index is 4.47. The molecule has 1 N–H and O–H groups in total. The molecule has 4 heteroatoms. The maximum Gasteiger partial charge on any atom is 0.137 e. The van der Waals surface area contributed by atoms with Gasteiger partial charge in [-0.2, -0.15) is 0 Å². The molecule has 84 valence electrons. The Bertz CT molecular complexity index is 459. The van der Waals surface area contributed by atoms with Crippen LogP contribution >= 0.6 is 11.3 Å². The van der Waals surface area contributed by atoms with Crippen LogP contribution in [0.5, 0.6) is 0 Å². The number of nitrogens with zero attached hydrogens (tertiary/aromatic N) is 2. The third-order valence-corrected chi connectivity index (χ3v) is 3.28. The molecule has 16 heavy (non-hydrogen) atoms. The highest BCUT2D eigenvalue weighted by Gasteiger charge is 2.03. The SMILES string of the molecule is CNc1csc(-c2ccc(N(C)C)cc2)n1. The van der Waals surface area contributed by atoms with Crippen LogP contribution < -0.4 is 10.2 Å². The molecule has 2 rings (SSSR count). The first-order chi connectivity index (χ1) is 7.70. The van der Waals surface area contributed by atoms with E-state index in [2.05, 4.69) is 39.5 Å². The Kier molecular flexibility index (Phi) is 3.10. The summed E-state index contributed by atoms with van der Waals surface area (Å²) in [7, 11) is 5.96. The van der Waals surface area contributed by atoms with Gasteiger partial charge in [-0.15, -0.1) is 11.3 Å². The first-order valence-electron chi connectivity index (χ1n) is 5.12. The van der Waals surface area contributed by atoms with E-state index in [0.29, 0.717) is 0 Å². The van der Waals surface area contributed by atoms with E-state index in [1.54, 1.807) is 11.3 Å². The third kappa shape index (κ3) is 2.17. The predicted molar refractivity (Wildman–Crippen MR) is 71.4 cm³/mol. The van der Waals surface area contributed by atoms with Crippen LogP contribution in [0, 0.1) is 0 Å². The monoisotopic (exact) mass is 233 g/mol. The second-order valence-electron chi connectivity index (χ2n) is 3.73. The lowest BCUT2D eigenvalue weighted by atomic mass is 10.2. The van der Waals surface area contributed by atoms with Crippen molar-refractivity contribution in [2.75, 3.05) is 31.4 Å². The van der Waals surface area contributed by atoms with Gasteiger partial charge in [-0.25, -0.2) is 4.98 Å². The van der Waals surface area contributed by atoms with Crippen LogP contribution in [0.1, 0.15) is 0 Å². The number of nitrogens with one attached hydrogen (secondary N) is 1. The largest absolute Gasteiger partial charge is 0.378 e. The van der Waals surface area contributed by atoms with E-state index in [9.17, 15) is 0 Å². The lowest BCUT2D eigenvalue weighted by Crippen LogP contribution is -2.07.